The van der Waals surface area contributed by atoms with Crippen LogP contribution in [0.5, 0.6) is 0 Å². The van der Waals surface area contributed by atoms with Crippen molar-refractivity contribution >= 4 is 5.97 Å². The maximum atomic E-state index is 12.3. The molecule has 4 nitrogen and oxygen atoms in total. The lowest BCUT2D eigenvalue weighted by molar-refractivity contribution is -0.162. The van der Waals surface area contributed by atoms with Crippen LogP contribution in [0.1, 0.15) is 0 Å². The first-order chi connectivity index (χ1) is 6.85. The molecule has 1 aliphatic carbocycles. The number of hydrogen-bond donors (Lipinski definition) is 0. The first-order valence-electron chi connectivity index (χ1n) is 3.82. The molecular weight excluding hydrogens is 213 g/mol. The fourth-order valence-electron chi connectivity index (χ4n) is 1.59. The molecule has 1 rings (SSSR count). The van der Waals surface area contributed by atoms with E-state index in [-0.39, 0.29) is 0 Å². The minimum absolute atomic E-state index is 0.910. The Morgan fingerprint density at radius 1 is 1.40 bits per heavy atom. The van der Waals surface area contributed by atoms with E-state index in [0.29, 0.717) is 0 Å². The molecule has 7 heteroatoms. The fourth-order valence-corrected chi connectivity index (χ4v) is 1.59. The molecule has 0 aromatic rings. The summed E-state index contributed by atoms with van der Waals surface area (Å²) in [6, 6.07) is 2.48. The van der Waals surface area contributed by atoms with Crippen molar-refractivity contribution in [2.75, 3.05) is 7.11 Å². The zero-order chi connectivity index (χ0) is 11.9. The van der Waals surface area contributed by atoms with Gasteiger partial charge in [0.2, 0.25) is 0 Å². The van der Waals surface area contributed by atoms with Crippen LogP contribution < -0.4 is 0 Å². The first kappa shape index (κ1) is 11.3. The number of hydrogen-bond acceptors (Lipinski definition) is 4. The highest BCUT2D eigenvalue weighted by atomic mass is 19.4. The molecule has 0 aliphatic heterocycles. The largest absolute Gasteiger partial charge is 0.469 e. The number of carbonyl (C=O) groups is 1. The zero-order valence-electron chi connectivity index (χ0n) is 7.50. The van der Waals surface area contributed by atoms with Crippen molar-refractivity contribution in [3.63, 3.8) is 0 Å². The van der Waals surface area contributed by atoms with Crippen LogP contribution in [0.4, 0.5) is 13.2 Å². The fraction of sp³-hybridized carbons (Fsp3) is 0.625. The number of rotatable bonds is 1. The Hall–Kier alpha value is -1.76. The zero-order valence-corrected chi connectivity index (χ0v) is 7.50. The molecule has 0 N–H and O–H groups in total. The van der Waals surface area contributed by atoms with Gasteiger partial charge < -0.3 is 4.74 Å². The Kier molecular flexibility index (Phi) is 2.36. The second kappa shape index (κ2) is 3.13. The smallest absolute Gasteiger partial charge is 0.395 e. The Balaban J connectivity index is 3.07. The van der Waals surface area contributed by atoms with E-state index in [1.807, 2.05) is 0 Å². The molecule has 0 amide bonds. The molecule has 0 aromatic carbocycles. The van der Waals surface area contributed by atoms with Crippen LogP contribution in [-0.4, -0.2) is 19.3 Å². The summed E-state index contributed by atoms with van der Waals surface area (Å²) in [7, 11) is 0.910. The van der Waals surface area contributed by atoms with Crippen LogP contribution in [0.3, 0.4) is 0 Å². The second-order valence-electron chi connectivity index (χ2n) is 3.11. The molecule has 0 radical (unpaired) electrons. The molecule has 1 fully saturated rings. The molecule has 2 atom stereocenters. The summed E-state index contributed by atoms with van der Waals surface area (Å²) in [5.41, 5.74) is -2.31. The standard InChI is InChI=1S/C8H5F3N2O2/c1-15-6(14)4-5(8(9,10)11)7(4,2-12)3-13/h4-5H,1H3/t4-,5+/m1/s1. The topological polar surface area (TPSA) is 73.9 Å². The van der Waals surface area contributed by atoms with E-state index in [1.165, 1.54) is 12.1 Å². The van der Waals surface area contributed by atoms with E-state index in [4.69, 9.17) is 10.5 Å². The SMILES string of the molecule is COC(=O)[C@H]1[C@H](C(F)(F)F)C1(C#N)C#N. The molecule has 0 aromatic heterocycles. The molecule has 0 heterocycles. The lowest BCUT2D eigenvalue weighted by atomic mass is 10.1. The summed E-state index contributed by atoms with van der Waals surface area (Å²) >= 11 is 0. The summed E-state index contributed by atoms with van der Waals surface area (Å²) in [5.74, 6) is -5.15. The predicted octanol–water partition coefficient (Wildman–Crippen LogP) is 1.00. The molecule has 15 heavy (non-hydrogen) atoms. The molecule has 0 unspecified atom stereocenters. The first-order valence-corrected chi connectivity index (χ1v) is 3.82. The van der Waals surface area contributed by atoms with Crippen LogP contribution in [0.2, 0.25) is 0 Å². The van der Waals surface area contributed by atoms with Crippen molar-refractivity contribution in [2.24, 2.45) is 17.3 Å². The van der Waals surface area contributed by atoms with Crippen molar-refractivity contribution < 1.29 is 22.7 Å². The van der Waals surface area contributed by atoms with Crippen molar-refractivity contribution in [1.82, 2.24) is 0 Å². The van der Waals surface area contributed by atoms with Crippen LogP contribution in [0, 0.1) is 39.9 Å². The molecule has 0 saturated heterocycles. The highest BCUT2D eigenvalue weighted by Crippen LogP contribution is 2.65. The Bertz CT molecular complexity index is 363. The number of nitriles is 2. The lowest BCUT2D eigenvalue weighted by Gasteiger charge is -2.03. The third-order valence-electron chi connectivity index (χ3n) is 2.38. The maximum absolute atomic E-state index is 12.3. The van der Waals surface area contributed by atoms with Crippen molar-refractivity contribution in [1.29, 1.82) is 10.5 Å². The molecular formula is C8H5F3N2O2. The van der Waals surface area contributed by atoms with E-state index in [9.17, 15) is 18.0 Å². The monoisotopic (exact) mass is 218 g/mol. The van der Waals surface area contributed by atoms with E-state index >= 15 is 0 Å². The molecule has 80 valence electrons. The van der Waals surface area contributed by atoms with Gasteiger partial charge in [0.25, 0.3) is 0 Å². The number of esters is 1. The van der Waals surface area contributed by atoms with Gasteiger partial charge in [-0.1, -0.05) is 0 Å². The number of halogens is 3. The summed E-state index contributed by atoms with van der Waals surface area (Å²) in [6.45, 7) is 0. The van der Waals surface area contributed by atoms with E-state index in [1.54, 1.807) is 0 Å². The highest BCUT2D eigenvalue weighted by Gasteiger charge is 2.80. The summed E-state index contributed by atoms with van der Waals surface area (Å²) in [4.78, 5) is 10.9. The Morgan fingerprint density at radius 3 is 2.07 bits per heavy atom. The molecule has 1 saturated carbocycles. The van der Waals surface area contributed by atoms with Gasteiger partial charge in [0.05, 0.1) is 19.2 Å². The van der Waals surface area contributed by atoms with Crippen molar-refractivity contribution in [3.8, 4) is 12.1 Å². The van der Waals surface area contributed by atoms with Gasteiger partial charge in [-0.25, -0.2) is 0 Å². The van der Waals surface area contributed by atoms with Gasteiger partial charge >= 0.3 is 12.1 Å². The average Bonchev–Trinajstić information content (AvgIpc) is 2.86. The van der Waals surface area contributed by atoms with Gasteiger partial charge in [0, 0.05) is 0 Å². The minimum Gasteiger partial charge on any atom is -0.469 e. The molecule has 0 bridgehead atoms. The minimum atomic E-state index is -4.75. The van der Waals surface area contributed by atoms with E-state index in [0.717, 1.165) is 7.11 Å². The van der Waals surface area contributed by atoms with Crippen LogP contribution in [0.25, 0.3) is 0 Å². The van der Waals surface area contributed by atoms with Gasteiger partial charge in [-0.3, -0.25) is 4.79 Å². The lowest BCUT2D eigenvalue weighted by Crippen LogP contribution is -2.17. The third kappa shape index (κ3) is 1.40. The van der Waals surface area contributed by atoms with Crippen LogP contribution >= 0.6 is 0 Å². The van der Waals surface area contributed by atoms with Gasteiger partial charge in [0.1, 0.15) is 11.8 Å². The van der Waals surface area contributed by atoms with Gasteiger partial charge in [-0.2, -0.15) is 23.7 Å². The quantitative estimate of drug-likeness (QED) is 0.615. The third-order valence-corrected chi connectivity index (χ3v) is 2.38. The second-order valence-corrected chi connectivity index (χ2v) is 3.11. The summed E-state index contributed by atoms with van der Waals surface area (Å²) in [6.07, 6.45) is -4.75. The van der Waals surface area contributed by atoms with Gasteiger partial charge in [0.15, 0.2) is 5.41 Å². The number of alkyl halides is 3. The summed E-state index contributed by atoms with van der Waals surface area (Å²) in [5, 5.41) is 17.0. The van der Waals surface area contributed by atoms with E-state index < -0.39 is 29.4 Å². The van der Waals surface area contributed by atoms with Crippen LogP contribution in [0.15, 0.2) is 0 Å². The van der Waals surface area contributed by atoms with Crippen molar-refractivity contribution in [2.45, 2.75) is 6.18 Å². The Morgan fingerprint density at radius 2 is 1.87 bits per heavy atom. The Labute approximate surface area is 82.8 Å². The number of ether oxygens (including phenoxy) is 1. The molecule has 1 aliphatic rings. The number of methoxy groups -OCH3 is 1. The van der Waals surface area contributed by atoms with Gasteiger partial charge in [-0.05, 0) is 0 Å². The van der Waals surface area contributed by atoms with Crippen LogP contribution in [-0.2, 0) is 9.53 Å². The number of carbonyl (C=O) groups excluding carboxylic acids is 1. The summed E-state index contributed by atoms with van der Waals surface area (Å²) < 4.78 is 41.2. The van der Waals surface area contributed by atoms with E-state index in [2.05, 4.69) is 4.74 Å². The number of nitrogens with zero attached hydrogens (tertiary/aromatic N) is 2. The predicted molar refractivity (Wildman–Crippen MR) is 38.7 cm³/mol. The highest BCUT2D eigenvalue weighted by molar-refractivity contribution is 5.80. The normalized spacial score (nSPS) is 27.3. The van der Waals surface area contributed by atoms with Crippen molar-refractivity contribution in [3.05, 3.63) is 0 Å². The van der Waals surface area contributed by atoms with Gasteiger partial charge in [-0.15, -0.1) is 0 Å². The maximum Gasteiger partial charge on any atom is 0.395 e. The molecule has 0 spiro atoms. The average molecular weight is 218 g/mol.